The molecule has 2 aliphatic rings. The van der Waals surface area contributed by atoms with Crippen LogP contribution < -0.4 is 0 Å². The van der Waals surface area contributed by atoms with Gasteiger partial charge in [0.15, 0.2) is 0 Å². The summed E-state index contributed by atoms with van der Waals surface area (Å²) in [6.45, 7) is 4.01. The van der Waals surface area contributed by atoms with Gasteiger partial charge in [0.1, 0.15) is 0 Å². The predicted molar refractivity (Wildman–Crippen MR) is 91.8 cm³/mol. The molecule has 2 fully saturated rings. The maximum Gasteiger partial charge on any atom is 0.0223 e. The van der Waals surface area contributed by atoms with Crippen molar-refractivity contribution < 1.29 is 0 Å². The molecular weight excluding hydrogens is 264 g/mol. The van der Waals surface area contributed by atoms with E-state index in [0.29, 0.717) is 0 Å². The van der Waals surface area contributed by atoms with Crippen LogP contribution in [0.1, 0.15) is 64.2 Å². The van der Waals surface area contributed by atoms with Gasteiger partial charge in [-0.25, -0.2) is 0 Å². The molecule has 2 bridgehead atoms. The lowest BCUT2D eigenvalue weighted by Crippen LogP contribution is -2.37. The highest BCUT2D eigenvalue weighted by Gasteiger charge is 2.34. The molecule has 0 spiro atoms. The van der Waals surface area contributed by atoms with Crippen LogP contribution >= 0.6 is 12.6 Å². The number of likely N-dealkylation sites (N-methyl/N-ethyl adjacent to an activating group) is 1. The Labute approximate surface area is 131 Å². The first-order chi connectivity index (χ1) is 9.81. The third-order valence-corrected chi connectivity index (χ3v) is 5.68. The number of nitrogens with zero attached hydrogens (tertiary/aromatic N) is 2. The molecule has 0 aromatic rings. The fourth-order valence-electron chi connectivity index (χ4n) is 3.91. The van der Waals surface area contributed by atoms with Crippen molar-refractivity contribution in [3.8, 4) is 0 Å². The summed E-state index contributed by atoms with van der Waals surface area (Å²) in [5.74, 6) is 1.06. The van der Waals surface area contributed by atoms with E-state index in [2.05, 4.69) is 29.5 Å². The van der Waals surface area contributed by atoms with Crippen molar-refractivity contribution in [2.75, 3.05) is 32.4 Å². The number of hydrogen-bond donors (Lipinski definition) is 1. The first kappa shape index (κ1) is 16.6. The fraction of sp³-hybridized carbons (Fsp3) is 1.00. The van der Waals surface area contributed by atoms with Crippen molar-refractivity contribution >= 4 is 12.6 Å². The van der Waals surface area contributed by atoms with Crippen LogP contribution in [-0.2, 0) is 0 Å². The van der Waals surface area contributed by atoms with Gasteiger partial charge in [-0.2, -0.15) is 12.6 Å². The summed E-state index contributed by atoms with van der Waals surface area (Å²) in [6, 6.07) is 1.74. The van der Waals surface area contributed by atoms with Crippen molar-refractivity contribution in [3.63, 3.8) is 0 Å². The largest absolute Gasteiger partial charge is 0.302 e. The SMILES string of the molecule is CN1C2CCC1CN(CCCCCCCCCS)CC2. The number of hydrogen-bond acceptors (Lipinski definition) is 3. The highest BCUT2D eigenvalue weighted by atomic mass is 32.1. The highest BCUT2D eigenvalue weighted by Crippen LogP contribution is 2.28. The second-order valence-electron chi connectivity index (χ2n) is 6.84. The van der Waals surface area contributed by atoms with Crippen LogP contribution in [0.25, 0.3) is 0 Å². The predicted octanol–water partition coefficient (Wildman–Crippen LogP) is 3.82. The molecule has 118 valence electrons. The lowest BCUT2D eigenvalue weighted by Gasteiger charge is -2.25. The van der Waals surface area contributed by atoms with Crippen LogP contribution in [0.5, 0.6) is 0 Å². The van der Waals surface area contributed by atoms with Gasteiger partial charge < -0.3 is 4.90 Å². The molecule has 2 unspecified atom stereocenters. The molecule has 0 N–H and O–H groups in total. The Morgan fingerprint density at radius 1 is 0.850 bits per heavy atom. The summed E-state index contributed by atoms with van der Waals surface area (Å²) in [5, 5.41) is 0. The molecule has 0 amide bonds. The molecule has 3 heteroatoms. The van der Waals surface area contributed by atoms with Crippen LogP contribution in [0, 0.1) is 0 Å². The van der Waals surface area contributed by atoms with E-state index in [9.17, 15) is 0 Å². The van der Waals surface area contributed by atoms with Crippen molar-refractivity contribution in [3.05, 3.63) is 0 Å². The van der Waals surface area contributed by atoms with E-state index >= 15 is 0 Å². The summed E-state index contributed by atoms with van der Waals surface area (Å²) in [4.78, 5) is 5.39. The van der Waals surface area contributed by atoms with Crippen LogP contribution in [0.3, 0.4) is 0 Å². The average molecular weight is 299 g/mol. The number of rotatable bonds is 9. The van der Waals surface area contributed by atoms with E-state index in [0.717, 1.165) is 17.8 Å². The maximum absolute atomic E-state index is 4.26. The van der Waals surface area contributed by atoms with Gasteiger partial charge in [-0.15, -0.1) is 0 Å². The standard InChI is InChI=1S/C17H34N2S/c1-18-16-9-10-17(18)15-19(13-11-16)12-7-5-3-2-4-6-8-14-20/h16-17,20H,2-15H2,1H3. The summed E-state index contributed by atoms with van der Waals surface area (Å²) >= 11 is 4.26. The molecule has 2 heterocycles. The van der Waals surface area contributed by atoms with Gasteiger partial charge in [0.05, 0.1) is 0 Å². The molecule has 0 aliphatic carbocycles. The van der Waals surface area contributed by atoms with Crippen LogP contribution in [0.15, 0.2) is 0 Å². The zero-order valence-electron chi connectivity index (χ0n) is 13.4. The number of thiol groups is 1. The maximum atomic E-state index is 4.26. The monoisotopic (exact) mass is 298 g/mol. The molecule has 2 nitrogen and oxygen atoms in total. The van der Waals surface area contributed by atoms with E-state index in [-0.39, 0.29) is 0 Å². The normalized spacial score (nSPS) is 27.9. The third-order valence-electron chi connectivity index (χ3n) is 5.37. The van der Waals surface area contributed by atoms with Crippen LogP contribution in [-0.4, -0.2) is 54.3 Å². The first-order valence-corrected chi connectivity index (χ1v) is 9.49. The highest BCUT2D eigenvalue weighted by molar-refractivity contribution is 7.80. The summed E-state index contributed by atoms with van der Waals surface area (Å²) in [5.41, 5.74) is 0. The summed E-state index contributed by atoms with van der Waals surface area (Å²) in [7, 11) is 2.34. The van der Waals surface area contributed by atoms with E-state index in [1.807, 2.05) is 0 Å². The van der Waals surface area contributed by atoms with Crippen molar-refractivity contribution in [2.24, 2.45) is 0 Å². The van der Waals surface area contributed by atoms with Gasteiger partial charge >= 0.3 is 0 Å². The number of likely N-dealkylation sites (tertiary alicyclic amines) is 1. The number of fused-ring (bicyclic) bond motifs is 2. The lowest BCUT2D eigenvalue weighted by molar-refractivity contribution is 0.216. The van der Waals surface area contributed by atoms with Gasteiger partial charge in [-0.3, -0.25) is 4.90 Å². The van der Waals surface area contributed by atoms with E-state index in [4.69, 9.17) is 0 Å². The summed E-state index contributed by atoms with van der Waals surface area (Å²) in [6.07, 6.45) is 14.1. The minimum Gasteiger partial charge on any atom is -0.302 e. The molecule has 0 aromatic heterocycles. The second-order valence-corrected chi connectivity index (χ2v) is 7.29. The Balaban J connectivity index is 1.50. The molecule has 0 aromatic carbocycles. The summed E-state index contributed by atoms with van der Waals surface area (Å²) < 4.78 is 0. The topological polar surface area (TPSA) is 6.48 Å². The van der Waals surface area contributed by atoms with Crippen molar-refractivity contribution in [1.82, 2.24) is 9.80 Å². The van der Waals surface area contributed by atoms with E-state index in [1.165, 1.54) is 83.8 Å². The van der Waals surface area contributed by atoms with Crippen LogP contribution in [0.2, 0.25) is 0 Å². The molecule has 2 aliphatic heterocycles. The quantitative estimate of drug-likeness (QED) is 0.511. The van der Waals surface area contributed by atoms with E-state index in [1.54, 1.807) is 0 Å². The number of unbranched alkanes of at least 4 members (excludes halogenated alkanes) is 6. The van der Waals surface area contributed by atoms with Gasteiger partial charge in [-0.05, 0) is 58.0 Å². The zero-order chi connectivity index (χ0) is 14.2. The molecule has 0 radical (unpaired) electrons. The van der Waals surface area contributed by atoms with E-state index < -0.39 is 0 Å². The van der Waals surface area contributed by atoms with Crippen molar-refractivity contribution in [2.45, 2.75) is 76.3 Å². The first-order valence-electron chi connectivity index (χ1n) is 8.86. The van der Waals surface area contributed by atoms with Gasteiger partial charge in [0.25, 0.3) is 0 Å². The van der Waals surface area contributed by atoms with Crippen LogP contribution in [0.4, 0.5) is 0 Å². The fourth-order valence-corrected chi connectivity index (χ4v) is 4.14. The molecule has 2 atom stereocenters. The Bertz CT molecular complexity index is 259. The molecule has 2 saturated heterocycles. The Morgan fingerprint density at radius 2 is 1.50 bits per heavy atom. The zero-order valence-corrected chi connectivity index (χ0v) is 14.3. The molecule has 20 heavy (non-hydrogen) atoms. The third kappa shape index (κ3) is 5.23. The molecule has 0 saturated carbocycles. The minimum atomic E-state index is 0.851. The minimum absolute atomic E-state index is 0.851. The van der Waals surface area contributed by atoms with Crippen molar-refractivity contribution in [1.29, 1.82) is 0 Å². The van der Waals surface area contributed by atoms with Gasteiger partial charge in [0, 0.05) is 18.6 Å². The average Bonchev–Trinajstić information content (AvgIpc) is 2.69. The lowest BCUT2D eigenvalue weighted by atomic mass is 10.1. The smallest absolute Gasteiger partial charge is 0.0223 e. The molecule has 2 rings (SSSR count). The van der Waals surface area contributed by atoms with Gasteiger partial charge in [-0.1, -0.05) is 32.1 Å². The molecular formula is C17H34N2S. The Morgan fingerprint density at radius 3 is 2.25 bits per heavy atom. The van der Waals surface area contributed by atoms with Gasteiger partial charge in [0.2, 0.25) is 0 Å². The Hall–Kier alpha value is 0.270. The Kier molecular flexibility index (Phi) is 7.75. The second kappa shape index (κ2) is 9.32.